The SMILES string of the molecule is CC(CCN(C)CC12CC3CC(CC(C3)C1)C2)Nc1ccnc2cc(Cl)ccc12. The molecule has 1 aromatic heterocycles. The molecule has 156 valence electrons. The second kappa shape index (κ2) is 7.74. The highest BCUT2D eigenvalue weighted by Gasteiger charge is 2.50. The van der Waals surface area contributed by atoms with E-state index in [1.807, 2.05) is 18.3 Å². The molecule has 0 spiro atoms. The highest BCUT2D eigenvalue weighted by Crippen LogP contribution is 2.60. The Morgan fingerprint density at radius 2 is 1.83 bits per heavy atom. The van der Waals surface area contributed by atoms with Crippen LogP contribution in [0.1, 0.15) is 51.9 Å². The molecule has 1 aromatic carbocycles. The largest absolute Gasteiger partial charge is 0.382 e. The lowest BCUT2D eigenvalue weighted by Gasteiger charge is -2.57. The molecule has 4 saturated carbocycles. The molecule has 1 unspecified atom stereocenters. The van der Waals surface area contributed by atoms with Gasteiger partial charge in [0.15, 0.2) is 0 Å². The van der Waals surface area contributed by atoms with Crippen molar-refractivity contribution in [1.29, 1.82) is 0 Å². The van der Waals surface area contributed by atoms with Crippen LogP contribution in [-0.2, 0) is 0 Å². The molecule has 1 atom stereocenters. The molecule has 29 heavy (non-hydrogen) atoms. The van der Waals surface area contributed by atoms with Gasteiger partial charge in [-0.25, -0.2) is 0 Å². The summed E-state index contributed by atoms with van der Waals surface area (Å²) in [7, 11) is 2.34. The fourth-order valence-corrected chi connectivity index (χ4v) is 7.30. The van der Waals surface area contributed by atoms with E-state index >= 15 is 0 Å². The number of nitrogens with zero attached hydrogens (tertiary/aromatic N) is 2. The number of aromatic nitrogens is 1. The number of rotatable bonds is 7. The van der Waals surface area contributed by atoms with Crippen molar-refractivity contribution in [2.24, 2.45) is 23.2 Å². The first kappa shape index (κ1) is 19.6. The highest BCUT2D eigenvalue weighted by atomic mass is 35.5. The van der Waals surface area contributed by atoms with E-state index in [0.717, 1.165) is 52.3 Å². The van der Waals surface area contributed by atoms with Crippen LogP contribution < -0.4 is 5.32 Å². The van der Waals surface area contributed by atoms with Crippen molar-refractivity contribution in [2.45, 2.75) is 57.9 Å². The number of hydrogen-bond acceptors (Lipinski definition) is 3. The lowest BCUT2D eigenvalue weighted by Crippen LogP contribution is -2.50. The van der Waals surface area contributed by atoms with E-state index in [4.69, 9.17) is 11.6 Å². The van der Waals surface area contributed by atoms with Crippen LogP contribution in [0.4, 0.5) is 5.69 Å². The summed E-state index contributed by atoms with van der Waals surface area (Å²) in [6, 6.07) is 8.45. The van der Waals surface area contributed by atoms with Gasteiger partial charge >= 0.3 is 0 Å². The number of hydrogen-bond donors (Lipinski definition) is 1. The smallest absolute Gasteiger partial charge is 0.0737 e. The molecule has 0 radical (unpaired) electrons. The quantitative estimate of drug-likeness (QED) is 0.585. The maximum absolute atomic E-state index is 6.12. The molecule has 2 aromatic rings. The molecule has 6 rings (SSSR count). The van der Waals surface area contributed by atoms with Crippen LogP contribution in [0.5, 0.6) is 0 Å². The van der Waals surface area contributed by atoms with Gasteiger partial charge in [-0.05, 0) is 113 Å². The van der Waals surface area contributed by atoms with Crippen LogP contribution in [0.2, 0.25) is 5.02 Å². The monoisotopic (exact) mass is 411 g/mol. The first-order valence-corrected chi connectivity index (χ1v) is 11.9. The summed E-state index contributed by atoms with van der Waals surface area (Å²) in [6.45, 7) is 4.76. The fourth-order valence-electron chi connectivity index (χ4n) is 7.13. The minimum atomic E-state index is 0.426. The van der Waals surface area contributed by atoms with Crippen LogP contribution in [-0.4, -0.2) is 36.1 Å². The standard InChI is InChI=1S/C25H34ClN3/c1-17(28-23-5-7-27-24-12-21(26)3-4-22(23)24)6-8-29(2)16-25-13-18-9-19(14-25)11-20(10-18)15-25/h3-5,7,12,17-20H,6,8-11,13-16H2,1-2H3,(H,27,28). The number of benzene rings is 1. The van der Waals surface area contributed by atoms with Gasteiger partial charge in [-0.2, -0.15) is 0 Å². The molecule has 4 fully saturated rings. The second-order valence-electron chi connectivity index (χ2n) is 10.5. The van der Waals surface area contributed by atoms with Gasteiger partial charge in [-0.3, -0.25) is 4.98 Å². The lowest BCUT2D eigenvalue weighted by atomic mass is 9.49. The molecule has 3 nitrogen and oxygen atoms in total. The number of pyridine rings is 1. The van der Waals surface area contributed by atoms with E-state index in [-0.39, 0.29) is 0 Å². The Morgan fingerprint density at radius 1 is 1.14 bits per heavy atom. The molecule has 0 aliphatic heterocycles. The van der Waals surface area contributed by atoms with Crippen LogP contribution >= 0.6 is 11.6 Å². The molecule has 1 N–H and O–H groups in total. The summed E-state index contributed by atoms with van der Waals surface area (Å²) in [5, 5.41) is 5.59. The Kier molecular flexibility index (Phi) is 5.24. The lowest BCUT2D eigenvalue weighted by molar-refractivity contribution is -0.0662. The van der Waals surface area contributed by atoms with Crippen molar-refractivity contribution >= 4 is 28.2 Å². The van der Waals surface area contributed by atoms with Crippen molar-refractivity contribution in [3.8, 4) is 0 Å². The third kappa shape index (κ3) is 4.14. The molecular formula is C25H34ClN3. The zero-order valence-corrected chi connectivity index (χ0v) is 18.6. The first-order chi connectivity index (χ1) is 14.0. The fraction of sp³-hybridized carbons (Fsp3) is 0.640. The minimum Gasteiger partial charge on any atom is -0.382 e. The summed E-state index contributed by atoms with van der Waals surface area (Å²) in [5.74, 6) is 3.14. The molecule has 4 heteroatoms. The second-order valence-corrected chi connectivity index (χ2v) is 10.9. The molecule has 1 heterocycles. The summed E-state index contributed by atoms with van der Waals surface area (Å²) in [6.07, 6.45) is 12.1. The van der Waals surface area contributed by atoms with Crippen LogP contribution in [0.15, 0.2) is 30.5 Å². The zero-order valence-electron chi connectivity index (χ0n) is 17.8. The van der Waals surface area contributed by atoms with E-state index in [1.54, 1.807) is 0 Å². The average molecular weight is 412 g/mol. The molecule has 4 aliphatic rings. The van der Waals surface area contributed by atoms with Crippen molar-refractivity contribution in [1.82, 2.24) is 9.88 Å². The number of nitrogens with one attached hydrogen (secondary N) is 1. The van der Waals surface area contributed by atoms with Crippen molar-refractivity contribution < 1.29 is 0 Å². The van der Waals surface area contributed by atoms with Gasteiger partial charge in [0.1, 0.15) is 0 Å². The van der Waals surface area contributed by atoms with Crippen molar-refractivity contribution in [3.63, 3.8) is 0 Å². The Labute approximate surface area is 180 Å². The Morgan fingerprint density at radius 3 is 2.52 bits per heavy atom. The molecule has 4 aliphatic carbocycles. The van der Waals surface area contributed by atoms with Gasteiger partial charge in [0.2, 0.25) is 0 Å². The molecule has 4 bridgehead atoms. The minimum absolute atomic E-state index is 0.426. The number of fused-ring (bicyclic) bond motifs is 1. The third-order valence-corrected chi connectivity index (χ3v) is 8.06. The highest BCUT2D eigenvalue weighted by molar-refractivity contribution is 6.31. The van der Waals surface area contributed by atoms with E-state index in [1.165, 1.54) is 45.1 Å². The zero-order chi connectivity index (χ0) is 20.0. The van der Waals surface area contributed by atoms with Crippen LogP contribution in [0.25, 0.3) is 10.9 Å². The summed E-state index contributed by atoms with van der Waals surface area (Å²) >= 11 is 6.12. The van der Waals surface area contributed by atoms with E-state index < -0.39 is 0 Å². The van der Waals surface area contributed by atoms with Crippen molar-refractivity contribution in [2.75, 3.05) is 25.5 Å². The molecular weight excluding hydrogens is 378 g/mol. The third-order valence-electron chi connectivity index (χ3n) is 7.82. The molecule has 0 saturated heterocycles. The maximum Gasteiger partial charge on any atom is 0.0737 e. The van der Waals surface area contributed by atoms with Crippen LogP contribution in [0.3, 0.4) is 0 Å². The van der Waals surface area contributed by atoms with E-state index in [2.05, 4.69) is 41.3 Å². The summed E-state index contributed by atoms with van der Waals surface area (Å²) < 4.78 is 0. The number of anilines is 1. The van der Waals surface area contributed by atoms with Gasteiger partial charge in [0, 0.05) is 34.9 Å². The topological polar surface area (TPSA) is 28.2 Å². The normalized spacial score (nSPS) is 31.5. The Bertz CT molecular complexity index is 844. The van der Waals surface area contributed by atoms with Gasteiger partial charge in [0.05, 0.1) is 5.52 Å². The Hall–Kier alpha value is -1.32. The van der Waals surface area contributed by atoms with Gasteiger partial charge in [-0.1, -0.05) is 11.6 Å². The van der Waals surface area contributed by atoms with Gasteiger partial charge in [0.25, 0.3) is 0 Å². The van der Waals surface area contributed by atoms with Gasteiger partial charge in [-0.15, -0.1) is 0 Å². The first-order valence-electron chi connectivity index (χ1n) is 11.5. The van der Waals surface area contributed by atoms with Crippen molar-refractivity contribution in [3.05, 3.63) is 35.5 Å². The van der Waals surface area contributed by atoms with Gasteiger partial charge < -0.3 is 10.2 Å². The number of halogens is 1. The molecule has 0 amide bonds. The predicted molar refractivity (Wildman–Crippen MR) is 123 cm³/mol. The average Bonchev–Trinajstić information content (AvgIpc) is 2.65. The van der Waals surface area contributed by atoms with E-state index in [9.17, 15) is 0 Å². The summed E-state index contributed by atoms with van der Waals surface area (Å²) in [5.41, 5.74) is 2.75. The van der Waals surface area contributed by atoms with E-state index in [0.29, 0.717) is 11.5 Å². The van der Waals surface area contributed by atoms with Crippen LogP contribution in [0, 0.1) is 23.2 Å². The Balaban J connectivity index is 1.17. The maximum atomic E-state index is 6.12. The summed E-state index contributed by atoms with van der Waals surface area (Å²) in [4.78, 5) is 7.08. The predicted octanol–water partition coefficient (Wildman–Crippen LogP) is 6.23.